The molecule has 1 atom stereocenters. The first-order chi connectivity index (χ1) is 17.2. The highest BCUT2D eigenvalue weighted by Gasteiger charge is 2.48. The molecule has 1 aromatic heterocycles. The van der Waals surface area contributed by atoms with Gasteiger partial charge in [-0.05, 0) is 36.4 Å². The summed E-state index contributed by atoms with van der Waals surface area (Å²) < 4.78 is 16.1. The number of anilines is 2. The third-order valence-electron chi connectivity index (χ3n) is 5.50. The van der Waals surface area contributed by atoms with Gasteiger partial charge in [-0.2, -0.15) is 0 Å². The topological polar surface area (TPSA) is 118 Å². The van der Waals surface area contributed by atoms with Gasteiger partial charge in [-0.3, -0.25) is 19.3 Å². The molecule has 0 spiro atoms. The molecule has 0 radical (unpaired) electrons. The Labute approximate surface area is 215 Å². The van der Waals surface area contributed by atoms with Crippen LogP contribution in [0.1, 0.15) is 24.3 Å². The number of ether oxygens (including phenoxy) is 2. The Kier molecular flexibility index (Phi) is 6.96. The molecule has 9 nitrogen and oxygen atoms in total. The average molecular weight is 531 g/mol. The number of nitrogens with one attached hydrogen (secondary N) is 1. The number of furan rings is 1. The molecule has 11 heteroatoms. The Bertz CT molecular complexity index is 1400. The number of hydrogen-bond acceptors (Lipinski definition) is 7. The fraction of sp³-hybridized carbons (Fsp3) is 0.160. The Morgan fingerprint density at radius 3 is 2.42 bits per heavy atom. The highest BCUT2D eigenvalue weighted by molar-refractivity contribution is 6.52. The van der Waals surface area contributed by atoms with E-state index in [1.807, 2.05) is 0 Å². The number of aliphatic hydroxyl groups is 1. The van der Waals surface area contributed by atoms with Gasteiger partial charge in [0, 0.05) is 18.3 Å². The molecule has 1 fully saturated rings. The number of Topliss-reactive ketones (excluding diaryl/α,β-unsaturated/α-hetero) is 1. The summed E-state index contributed by atoms with van der Waals surface area (Å²) in [4.78, 5) is 39.3. The van der Waals surface area contributed by atoms with Crippen molar-refractivity contribution in [3.63, 3.8) is 0 Å². The van der Waals surface area contributed by atoms with Crippen LogP contribution < -0.4 is 19.7 Å². The van der Waals surface area contributed by atoms with E-state index in [2.05, 4.69) is 5.32 Å². The number of amides is 2. The van der Waals surface area contributed by atoms with E-state index >= 15 is 0 Å². The zero-order chi connectivity index (χ0) is 26.1. The van der Waals surface area contributed by atoms with Crippen molar-refractivity contribution in [2.75, 3.05) is 24.4 Å². The molecule has 1 unspecified atom stereocenters. The number of rotatable bonds is 6. The van der Waals surface area contributed by atoms with Crippen molar-refractivity contribution in [3.8, 4) is 11.5 Å². The van der Waals surface area contributed by atoms with Crippen LogP contribution in [0.3, 0.4) is 0 Å². The lowest BCUT2D eigenvalue weighted by Crippen LogP contribution is -2.29. The van der Waals surface area contributed by atoms with Crippen molar-refractivity contribution in [2.24, 2.45) is 0 Å². The Morgan fingerprint density at radius 2 is 1.81 bits per heavy atom. The van der Waals surface area contributed by atoms with E-state index in [1.54, 1.807) is 30.3 Å². The third-order valence-corrected chi connectivity index (χ3v) is 6.12. The Morgan fingerprint density at radius 1 is 1.08 bits per heavy atom. The van der Waals surface area contributed by atoms with E-state index in [1.165, 1.54) is 44.4 Å². The van der Waals surface area contributed by atoms with Crippen LogP contribution in [0.25, 0.3) is 5.76 Å². The fourth-order valence-corrected chi connectivity index (χ4v) is 4.73. The maximum absolute atomic E-state index is 13.3. The fourth-order valence-electron chi connectivity index (χ4n) is 4.04. The second-order valence-electron chi connectivity index (χ2n) is 7.70. The molecule has 3 aromatic rings. The second-order valence-corrected chi connectivity index (χ2v) is 8.49. The van der Waals surface area contributed by atoms with Crippen LogP contribution in [0, 0.1) is 0 Å². The van der Waals surface area contributed by atoms with Gasteiger partial charge in [0.15, 0.2) is 11.5 Å². The van der Waals surface area contributed by atoms with E-state index in [4.69, 9.17) is 37.1 Å². The molecular weight excluding hydrogens is 511 g/mol. The minimum atomic E-state index is -1.14. The molecule has 36 heavy (non-hydrogen) atoms. The van der Waals surface area contributed by atoms with E-state index in [9.17, 15) is 19.5 Å². The zero-order valence-electron chi connectivity index (χ0n) is 19.3. The summed E-state index contributed by atoms with van der Waals surface area (Å²) in [6.45, 7) is 1.35. The number of carbonyl (C=O) groups is 3. The zero-order valence-corrected chi connectivity index (χ0v) is 20.8. The van der Waals surface area contributed by atoms with Crippen LogP contribution in [0.5, 0.6) is 11.5 Å². The number of nitrogens with zero attached hydrogens (tertiary/aromatic N) is 1. The van der Waals surface area contributed by atoms with Gasteiger partial charge in [-0.1, -0.05) is 29.3 Å². The highest BCUT2D eigenvalue weighted by Crippen LogP contribution is 2.48. The summed E-state index contributed by atoms with van der Waals surface area (Å²) in [6.07, 6.45) is 1.38. The lowest BCUT2D eigenvalue weighted by Gasteiger charge is -2.24. The number of ketones is 1. The first kappa shape index (κ1) is 25.2. The molecule has 0 aliphatic carbocycles. The lowest BCUT2D eigenvalue weighted by molar-refractivity contribution is -0.132. The maximum Gasteiger partial charge on any atom is 0.300 e. The summed E-state index contributed by atoms with van der Waals surface area (Å²) in [6, 6.07) is 9.71. The number of methoxy groups -OCH3 is 2. The minimum absolute atomic E-state index is 0.00698. The quantitative estimate of drug-likeness (QED) is 0.255. The first-order valence-corrected chi connectivity index (χ1v) is 11.3. The molecule has 0 bridgehead atoms. The van der Waals surface area contributed by atoms with Crippen molar-refractivity contribution < 1.29 is 33.4 Å². The summed E-state index contributed by atoms with van der Waals surface area (Å²) in [5.74, 6) is -2.44. The average Bonchev–Trinajstić information content (AvgIpc) is 3.45. The number of aliphatic hydroxyl groups excluding tert-OH is 1. The van der Waals surface area contributed by atoms with E-state index in [0.717, 1.165) is 0 Å². The van der Waals surface area contributed by atoms with E-state index < -0.39 is 23.5 Å². The van der Waals surface area contributed by atoms with Gasteiger partial charge in [-0.15, -0.1) is 0 Å². The largest absolute Gasteiger partial charge is 0.507 e. The maximum atomic E-state index is 13.3. The predicted molar refractivity (Wildman–Crippen MR) is 134 cm³/mol. The second kappa shape index (κ2) is 9.96. The van der Waals surface area contributed by atoms with Crippen molar-refractivity contribution in [2.45, 2.75) is 13.0 Å². The first-order valence-electron chi connectivity index (χ1n) is 10.5. The molecule has 4 rings (SSSR count). The van der Waals surface area contributed by atoms with Gasteiger partial charge in [0.05, 0.1) is 36.6 Å². The molecule has 2 amide bonds. The monoisotopic (exact) mass is 530 g/mol. The molecule has 1 aliphatic rings. The van der Waals surface area contributed by atoms with Gasteiger partial charge in [0.1, 0.15) is 22.6 Å². The van der Waals surface area contributed by atoms with E-state index in [-0.39, 0.29) is 44.3 Å². The molecule has 186 valence electrons. The summed E-state index contributed by atoms with van der Waals surface area (Å²) >= 11 is 12.7. The van der Waals surface area contributed by atoms with E-state index in [0.29, 0.717) is 11.4 Å². The predicted octanol–water partition coefficient (Wildman–Crippen LogP) is 5.19. The molecule has 0 saturated carbocycles. The van der Waals surface area contributed by atoms with Crippen LogP contribution in [0.15, 0.2) is 58.7 Å². The van der Waals surface area contributed by atoms with Crippen molar-refractivity contribution in [3.05, 3.63) is 75.7 Å². The molecule has 1 aliphatic heterocycles. The van der Waals surface area contributed by atoms with Crippen molar-refractivity contribution in [1.29, 1.82) is 0 Å². The number of benzene rings is 2. The Balaban J connectivity index is 1.95. The van der Waals surface area contributed by atoms with Crippen molar-refractivity contribution >= 4 is 57.9 Å². The van der Waals surface area contributed by atoms with Crippen LogP contribution in [-0.4, -0.2) is 36.9 Å². The number of hydrogen-bond donors (Lipinski definition) is 2. The minimum Gasteiger partial charge on any atom is -0.507 e. The summed E-state index contributed by atoms with van der Waals surface area (Å²) in [7, 11) is 2.69. The molecule has 2 heterocycles. The molecular formula is C25H20Cl2N2O7. The Hall–Kier alpha value is -3.95. The standard InChI is InChI=1S/C25H20Cl2N2O7/c1-12(30)28-13-6-4-7-14(10-13)29-20(17-8-5-9-36-17)18(22(32)25(29)33)21(31)15-11-16(26)24(35-3)19(27)23(15)34-2/h4-11,20,31H,1-3H3,(H,28,30)/b21-18-. The molecule has 2 aromatic carbocycles. The normalized spacial score (nSPS) is 16.8. The smallest absolute Gasteiger partial charge is 0.300 e. The van der Waals surface area contributed by atoms with Crippen LogP contribution in [0.4, 0.5) is 11.4 Å². The molecule has 1 saturated heterocycles. The summed E-state index contributed by atoms with van der Waals surface area (Å²) in [5.41, 5.74) is 0.419. The molecule has 2 N–H and O–H groups in total. The third kappa shape index (κ3) is 4.27. The van der Waals surface area contributed by atoms with Crippen LogP contribution in [-0.2, 0) is 14.4 Å². The number of carbonyl (C=O) groups excluding carboxylic acids is 3. The van der Waals surface area contributed by atoms with Gasteiger partial charge in [-0.25, -0.2) is 0 Å². The van der Waals surface area contributed by atoms with Gasteiger partial charge < -0.3 is 24.3 Å². The van der Waals surface area contributed by atoms with Crippen LogP contribution in [0.2, 0.25) is 10.0 Å². The van der Waals surface area contributed by atoms with Crippen LogP contribution >= 0.6 is 23.2 Å². The summed E-state index contributed by atoms with van der Waals surface area (Å²) in [5, 5.41) is 14.0. The van der Waals surface area contributed by atoms with Gasteiger partial charge in [0.25, 0.3) is 11.7 Å². The van der Waals surface area contributed by atoms with Crippen molar-refractivity contribution in [1.82, 2.24) is 0 Å². The SMILES string of the molecule is COc1c(Cl)cc(/C(O)=C2/C(=O)C(=O)N(c3cccc(NC(C)=O)c3)C2c2ccco2)c(OC)c1Cl. The lowest BCUT2D eigenvalue weighted by atomic mass is 9.98. The van der Waals surface area contributed by atoms with Gasteiger partial charge >= 0.3 is 0 Å². The highest BCUT2D eigenvalue weighted by atomic mass is 35.5. The number of halogens is 2. The van der Waals surface area contributed by atoms with Gasteiger partial charge in [0.2, 0.25) is 5.91 Å².